The van der Waals surface area contributed by atoms with Crippen molar-refractivity contribution in [2.75, 3.05) is 26.9 Å². The number of carbonyl (C=O) groups excluding carboxylic acids is 1. The summed E-state index contributed by atoms with van der Waals surface area (Å²) in [4.78, 5) is 21.3. The zero-order valence-electron chi connectivity index (χ0n) is 8.73. The normalized spacial score (nSPS) is 25.9. The second-order valence-electron chi connectivity index (χ2n) is 3.90. The molecular weight excluding hydrogens is 202 g/mol. The molecule has 0 aromatic rings. The van der Waals surface area contributed by atoms with Crippen LogP contribution in [0.1, 0.15) is 19.3 Å². The van der Waals surface area contributed by atoms with Crippen LogP contribution in [0.4, 0.5) is 0 Å². The van der Waals surface area contributed by atoms with Gasteiger partial charge >= 0.3 is 5.97 Å². The Kier molecular flexibility index (Phi) is 4.02. The highest BCUT2D eigenvalue weighted by molar-refractivity contribution is 5.70. The predicted molar refractivity (Wildman–Crippen MR) is 51.0 cm³/mol. The maximum atomic E-state index is 11.2. The molecule has 0 aliphatic carbocycles. The van der Waals surface area contributed by atoms with Gasteiger partial charge in [0.15, 0.2) is 0 Å². The number of nitro groups is 1. The molecule has 0 saturated carbocycles. The Balaban J connectivity index is 2.65. The van der Waals surface area contributed by atoms with Gasteiger partial charge in [-0.3, -0.25) is 14.9 Å². The van der Waals surface area contributed by atoms with Gasteiger partial charge in [0.1, 0.15) is 0 Å². The van der Waals surface area contributed by atoms with E-state index in [1.165, 1.54) is 7.11 Å². The highest BCUT2D eigenvalue weighted by atomic mass is 16.6. The second-order valence-corrected chi connectivity index (χ2v) is 3.90. The number of carbonyl (C=O) groups is 1. The third-order valence-corrected chi connectivity index (χ3v) is 2.62. The molecule has 1 aliphatic rings. The van der Waals surface area contributed by atoms with Crippen molar-refractivity contribution in [2.45, 2.75) is 19.3 Å². The Morgan fingerprint density at radius 1 is 1.67 bits per heavy atom. The van der Waals surface area contributed by atoms with Crippen LogP contribution in [-0.4, -0.2) is 37.8 Å². The van der Waals surface area contributed by atoms with Gasteiger partial charge in [0, 0.05) is 11.5 Å². The molecule has 1 heterocycles. The molecule has 0 amide bonds. The fourth-order valence-electron chi connectivity index (χ4n) is 1.88. The van der Waals surface area contributed by atoms with Gasteiger partial charge in [-0.2, -0.15) is 0 Å². The van der Waals surface area contributed by atoms with E-state index in [1.807, 2.05) is 0 Å². The Bertz CT molecular complexity index is 247. The van der Waals surface area contributed by atoms with Crippen LogP contribution in [0, 0.1) is 15.5 Å². The number of ether oxygens (including phenoxy) is 2. The van der Waals surface area contributed by atoms with E-state index in [1.54, 1.807) is 0 Å². The van der Waals surface area contributed by atoms with Crippen LogP contribution in [0.15, 0.2) is 0 Å². The number of hydrogen-bond acceptors (Lipinski definition) is 5. The van der Waals surface area contributed by atoms with Crippen LogP contribution in [-0.2, 0) is 14.3 Å². The average molecular weight is 217 g/mol. The van der Waals surface area contributed by atoms with Crippen LogP contribution >= 0.6 is 0 Å². The van der Waals surface area contributed by atoms with E-state index < -0.39 is 16.3 Å². The number of nitrogens with zero attached hydrogens (tertiary/aromatic N) is 1. The lowest BCUT2D eigenvalue weighted by molar-refractivity contribution is -0.500. The van der Waals surface area contributed by atoms with Gasteiger partial charge in [0.05, 0.1) is 25.6 Å². The van der Waals surface area contributed by atoms with E-state index in [4.69, 9.17) is 4.74 Å². The van der Waals surface area contributed by atoms with Crippen molar-refractivity contribution in [2.24, 2.45) is 5.41 Å². The molecule has 1 aliphatic heterocycles. The van der Waals surface area contributed by atoms with Crippen molar-refractivity contribution < 1.29 is 19.2 Å². The summed E-state index contributed by atoms with van der Waals surface area (Å²) in [7, 11) is 1.28. The molecule has 0 bridgehead atoms. The lowest BCUT2D eigenvalue weighted by atomic mass is 9.79. The minimum absolute atomic E-state index is 0.0600. The molecule has 86 valence electrons. The Hall–Kier alpha value is -1.17. The van der Waals surface area contributed by atoms with Crippen molar-refractivity contribution in [3.05, 3.63) is 10.1 Å². The maximum Gasteiger partial charge on any atom is 0.306 e. The third-order valence-electron chi connectivity index (χ3n) is 2.62. The summed E-state index contributed by atoms with van der Waals surface area (Å²) in [6.07, 6.45) is 1.46. The molecule has 0 aromatic heterocycles. The van der Waals surface area contributed by atoms with Crippen molar-refractivity contribution in [1.82, 2.24) is 0 Å². The zero-order chi connectivity index (χ0) is 11.3. The number of esters is 1. The molecule has 1 rings (SSSR count). The van der Waals surface area contributed by atoms with Gasteiger partial charge in [-0.1, -0.05) is 0 Å². The van der Waals surface area contributed by atoms with Gasteiger partial charge in [0.25, 0.3) is 0 Å². The summed E-state index contributed by atoms with van der Waals surface area (Å²) >= 11 is 0. The minimum atomic E-state index is -0.672. The van der Waals surface area contributed by atoms with Crippen LogP contribution in [0.3, 0.4) is 0 Å². The Morgan fingerprint density at radius 2 is 2.40 bits per heavy atom. The molecule has 0 spiro atoms. The summed E-state index contributed by atoms with van der Waals surface area (Å²) in [5.74, 6) is -0.414. The first-order valence-electron chi connectivity index (χ1n) is 4.84. The topological polar surface area (TPSA) is 78.7 Å². The van der Waals surface area contributed by atoms with Crippen molar-refractivity contribution in [3.63, 3.8) is 0 Å². The molecule has 1 atom stereocenters. The monoisotopic (exact) mass is 217 g/mol. The largest absolute Gasteiger partial charge is 0.469 e. The van der Waals surface area contributed by atoms with E-state index in [-0.39, 0.29) is 19.6 Å². The van der Waals surface area contributed by atoms with E-state index in [9.17, 15) is 14.9 Å². The molecule has 6 heteroatoms. The molecule has 1 unspecified atom stereocenters. The zero-order valence-corrected chi connectivity index (χ0v) is 8.73. The van der Waals surface area contributed by atoms with Crippen LogP contribution in [0.2, 0.25) is 0 Å². The lowest BCUT2D eigenvalue weighted by Crippen LogP contribution is -2.40. The average Bonchev–Trinajstić information content (AvgIpc) is 2.17. The summed E-state index contributed by atoms with van der Waals surface area (Å²) < 4.78 is 9.76. The van der Waals surface area contributed by atoms with E-state index in [2.05, 4.69) is 4.74 Å². The molecule has 0 radical (unpaired) electrons. The van der Waals surface area contributed by atoms with Crippen LogP contribution in [0.5, 0.6) is 0 Å². The molecular formula is C9H15NO5. The second kappa shape index (κ2) is 5.06. The first-order chi connectivity index (χ1) is 7.08. The SMILES string of the molecule is COC(=O)CC1(C[N+](=O)[O-])CCCOC1. The summed E-state index contributed by atoms with van der Waals surface area (Å²) in [5.41, 5.74) is -0.672. The fourth-order valence-corrected chi connectivity index (χ4v) is 1.88. The van der Waals surface area contributed by atoms with E-state index >= 15 is 0 Å². The first kappa shape index (κ1) is 11.9. The van der Waals surface area contributed by atoms with Gasteiger partial charge in [-0.25, -0.2) is 0 Å². The van der Waals surface area contributed by atoms with Crippen molar-refractivity contribution in [1.29, 1.82) is 0 Å². The quantitative estimate of drug-likeness (QED) is 0.392. The molecule has 0 N–H and O–H groups in total. The van der Waals surface area contributed by atoms with Gasteiger partial charge in [-0.15, -0.1) is 0 Å². The Labute approximate surface area is 87.7 Å². The fraction of sp³-hybridized carbons (Fsp3) is 0.889. The van der Waals surface area contributed by atoms with Gasteiger partial charge in [-0.05, 0) is 12.8 Å². The first-order valence-corrected chi connectivity index (χ1v) is 4.84. The molecule has 6 nitrogen and oxygen atoms in total. The number of methoxy groups -OCH3 is 1. The van der Waals surface area contributed by atoms with Crippen LogP contribution < -0.4 is 0 Å². The molecule has 1 fully saturated rings. The highest BCUT2D eigenvalue weighted by Crippen LogP contribution is 2.32. The van der Waals surface area contributed by atoms with Crippen molar-refractivity contribution >= 4 is 5.97 Å². The van der Waals surface area contributed by atoms with Gasteiger partial charge in [0.2, 0.25) is 6.54 Å². The summed E-state index contributed by atoms with van der Waals surface area (Å²) in [6.45, 7) is 0.645. The van der Waals surface area contributed by atoms with E-state index in [0.717, 1.165) is 6.42 Å². The highest BCUT2D eigenvalue weighted by Gasteiger charge is 2.40. The Morgan fingerprint density at radius 3 is 2.87 bits per heavy atom. The predicted octanol–water partition coefficient (Wildman–Crippen LogP) is 0.623. The summed E-state index contributed by atoms with van der Waals surface area (Å²) in [6, 6.07) is 0. The van der Waals surface area contributed by atoms with E-state index in [0.29, 0.717) is 13.0 Å². The minimum Gasteiger partial charge on any atom is -0.469 e. The number of hydrogen-bond donors (Lipinski definition) is 0. The maximum absolute atomic E-state index is 11.2. The lowest BCUT2D eigenvalue weighted by Gasteiger charge is -2.32. The van der Waals surface area contributed by atoms with Crippen molar-refractivity contribution in [3.8, 4) is 0 Å². The summed E-state index contributed by atoms with van der Waals surface area (Å²) in [5, 5.41) is 10.5. The molecule has 0 aromatic carbocycles. The number of rotatable bonds is 4. The van der Waals surface area contributed by atoms with Gasteiger partial charge < -0.3 is 9.47 Å². The van der Waals surface area contributed by atoms with Crippen LogP contribution in [0.25, 0.3) is 0 Å². The molecule has 1 saturated heterocycles. The standard InChI is InChI=1S/C9H15NO5/c1-14-8(11)5-9(6-10(12)13)3-2-4-15-7-9/h2-7H2,1H3. The smallest absolute Gasteiger partial charge is 0.306 e. The third kappa shape index (κ3) is 3.47. The molecule has 15 heavy (non-hydrogen) atoms.